The summed E-state index contributed by atoms with van der Waals surface area (Å²) in [6, 6.07) is 11.9. The molecule has 2 aromatic carbocycles. The predicted molar refractivity (Wildman–Crippen MR) is 121 cm³/mol. The summed E-state index contributed by atoms with van der Waals surface area (Å²) in [4.78, 5) is 41.6. The van der Waals surface area contributed by atoms with E-state index in [9.17, 15) is 14.4 Å². The topological polar surface area (TPSA) is 84.9 Å². The highest BCUT2D eigenvalue weighted by molar-refractivity contribution is 6.25. The van der Waals surface area contributed by atoms with Crippen molar-refractivity contribution in [2.24, 2.45) is 35.5 Å². The lowest BCUT2D eigenvalue weighted by Gasteiger charge is -2.37. The molecular formula is C26H24N2O5. The number of ether oxygens (including phenoxy) is 2. The van der Waals surface area contributed by atoms with Crippen LogP contribution in [0.4, 0.5) is 11.4 Å². The number of allylic oxidation sites excluding steroid dienone is 2. The predicted octanol–water partition coefficient (Wildman–Crippen LogP) is 3.51. The molecule has 1 N–H and O–H groups in total. The van der Waals surface area contributed by atoms with Crippen molar-refractivity contribution in [2.45, 2.75) is 6.42 Å². The van der Waals surface area contributed by atoms with Crippen molar-refractivity contribution in [3.05, 3.63) is 60.2 Å². The van der Waals surface area contributed by atoms with Crippen molar-refractivity contribution < 1.29 is 23.9 Å². The van der Waals surface area contributed by atoms with E-state index < -0.39 is 5.91 Å². The maximum atomic E-state index is 13.5. The molecule has 3 fully saturated rings. The van der Waals surface area contributed by atoms with Crippen molar-refractivity contribution in [3.8, 4) is 11.5 Å². The SMILES string of the molecule is COc1ccc(NC(=O)c2ccccc2N2C(=O)[C@@H]3[C@H]4C=C[C@H]([C@H]5C[C@H]45)[C@@H]3C2=O)c(OC)c1. The van der Waals surface area contributed by atoms with E-state index in [-0.39, 0.29) is 41.0 Å². The molecule has 0 unspecified atom stereocenters. The van der Waals surface area contributed by atoms with Crippen LogP contribution in [0.25, 0.3) is 0 Å². The van der Waals surface area contributed by atoms with Crippen LogP contribution in [-0.2, 0) is 9.59 Å². The van der Waals surface area contributed by atoms with Gasteiger partial charge in [-0.25, -0.2) is 4.90 Å². The first-order valence-corrected chi connectivity index (χ1v) is 11.2. The van der Waals surface area contributed by atoms with Gasteiger partial charge in [-0.1, -0.05) is 24.3 Å². The summed E-state index contributed by atoms with van der Waals surface area (Å²) in [6.45, 7) is 0. The van der Waals surface area contributed by atoms with Gasteiger partial charge in [0.25, 0.3) is 5.91 Å². The molecule has 2 saturated carbocycles. The molecule has 1 saturated heterocycles. The number of nitrogens with zero attached hydrogens (tertiary/aromatic N) is 1. The number of nitrogens with one attached hydrogen (secondary N) is 1. The second kappa shape index (κ2) is 7.20. The Balaban J connectivity index is 1.32. The molecule has 0 radical (unpaired) electrons. The molecule has 3 amide bonds. The summed E-state index contributed by atoms with van der Waals surface area (Å²) in [5, 5.41) is 2.85. The maximum absolute atomic E-state index is 13.5. The molecule has 168 valence electrons. The standard InChI is InChI=1S/C26H24N2O5/c1-32-13-7-10-19(21(11-13)33-2)27-24(29)16-5-3-4-6-20(16)28-25(30)22-14-8-9-15(18-12-17(14)18)23(22)26(28)31/h3-11,14-15,17-18,22-23H,12H2,1-2H3,(H,27,29)/t14-,15+,17-,18-,22+,23-/m1/s1. The molecule has 0 aromatic heterocycles. The first-order chi connectivity index (χ1) is 16.0. The fourth-order valence-corrected chi connectivity index (χ4v) is 6.15. The van der Waals surface area contributed by atoms with Gasteiger partial charge in [0.05, 0.1) is 43.0 Å². The van der Waals surface area contributed by atoms with Gasteiger partial charge in [-0.3, -0.25) is 14.4 Å². The van der Waals surface area contributed by atoms with Crippen molar-refractivity contribution in [1.82, 2.24) is 0 Å². The van der Waals surface area contributed by atoms with Gasteiger partial charge in [-0.15, -0.1) is 0 Å². The Bertz CT molecular complexity index is 1180. The normalized spacial score (nSPS) is 30.7. The second-order valence-corrected chi connectivity index (χ2v) is 9.20. The number of carbonyl (C=O) groups is 3. The third-order valence-electron chi connectivity index (χ3n) is 7.71. The summed E-state index contributed by atoms with van der Waals surface area (Å²) in [5.74, 6) is 0.958. The highest BCUT2D eigenvalue weighted by Gasteiger charge is 2.67. The number of amides is 3. The lowest BCUT2D eigenvalue weighted by atomic mass is 9.63. The number of imide groups is 1. The minimum Gasteiger partial charge on any atom is -0.497 e. The van der Waals surface area contributed by atoms with Gasteiger partial charge in [0.15, 0.2) is 0 Å². The highest BCUT2D eigenvalue weighted by Crippen LogP contribution is 2.65. The van der Waals surface area contributed by atoms with Gasteiger partial charge in [0.1, 0.15) is 11.5 Å². The summed E-state index contributed by atoms with van der Waals surface area (Å²) in [5.41, 5.74) is 1.06. The molecule has 7 heteroatoms. The number of para-hydroxylation sites is 1. The van der Waals surface area contributed by atoms with Crippen molar-refractivity contribution in [1.29, 1.82) is 0 Å². The molecule has 2 bridgehead atoms. The number of rotatable bonds is 5. The average Bonchev–Trinajstić information content (AvgIpc) is 3.62. The van der Waals surface area contributed by atoms with Crippen LogP contribution in [0.3, 0.4) is 0 Å². The van der Waals surface area contributed by atoms with Gasteiger partial charge in [0.2, 0.25) is 11.8 Å². The summed E-state index contributed by atoms with van der Waals surface area (Å²) in [7, 11) is 3.06. The maximum Gasteiger partial charge on any atom is 0.257 e. The number of anilines is 2. The van der Waals surface area contributed by atoms with E-state index in [1.165, 1.54) is 12.0 Å². The molecule has 33 heavy (non-hydrogen) atoms. The van der Waals surface area contributed by atoms with Gasteiger partial charge in [-0.2, -0.15) is 0 Å². The van der Waals surface area contributed by atoms with Crippen LogP contribution >= 0.6 is 0 Å². The zero-order valence-corrected chi connectivity index (χ0v) is 18.4. The van der Waals surface area contributed by atoms with Gasteiger partial charge < -0.3 is 14.8 Å². The van der Waals surface area contributed by atoms with Crippen molar-refractivity contribution in [2.75, 3.05) is 24.4 Å². The Morgan fingerprint density at radius 1 is 0.939 bits per heavy atom. The van der Waals surface area contributed by atoms with E-state index in [2.05, 4.69) is 17.5 Å². The summed E-state index contributed by atoms with van der Waals surface area (Å²) in [6.07, 6.45) is 5.39. The van der Waals surface area contributed by atoms with Gasteiger partial charge in [0, 0.05) is 6.07 Å². The third-order valence-corrected chi connectivity index (χ3v) is 7.71. The minimum absolute atomic E-state index is 0.135. The highest BCUT2D eigenvalue weighted by atomic mass is 16.5. The quantitative estimate of drug-likeness (QED) is 0.564. The molecule has 7 nitrogen and oxygen atoms in total. The molecule has 2 aromatic rings. The molecule has 1 aliphatic heterocycles. The van der Waals surface area contributed by atoms with Crippen LogP contribution in [0.1, 0.15) is 16.8 Å². The van der Waals surface area contributed by atoms with Gasteiger partial charge in [-0.05, 0) is 54.4 Å². The number of benzene rings is 2. The van der Waals surface area contributed by atoms with E-state index >= 15 is 0 Å². The average molecular weight is 444 g/mol. The first kappa shape index (κ1) is 20.0. The van der Waals surface area contributed by atoms with E-state index in [1.54, 1.807) is 49.6 Å². The Labute approximate surface area is 191 Å². The number of carbonyl (C=O) groups excluding carboxylic acids is 3. The van der Waals surface area contributed by atoms with E-state index in [0.717, 1.165) is 6.42 Å². The van der Waals surface area contributed by atoms with Gasteiger partial charge >= 0.3 is 0 Å². The van der Waals surface area contributed by atoms with Crippen molar-refractivity contribution >= 4 is 29.1 Å². The lowest BCUT2D eigenvalue weighted by molar-refractivity contribution is -0.124. The Kier molecular flexibility index (Phi) is 4.37. The molecule has 7 rings (SSSR count). The largest absolute Gasteiger partial charge is 0.497 e. The Morgan fingerprint density at radius 3 is 2.24 bits per heavy atom. The number of methoxy groups -OCH3 is 2. The summed E-state index contributed by atoms with van der Waals surface area (Å²) < 4.78 is 10.6. The van der Waals surface area contributed by atoms with E-state index in [4.69, 9.17) is 9.47 Å². The van der Waals surface area contributed by atoms with Crippen LogP contribution in [0, 0.1) is 35.5 Å². The Morgan fingerprint density at radius 2 is 1.61 bits per heavy atom. The second-order valence-electron chi connectivity index (χ2n) is 9.20. The fraction of sp³-hybridized carbons (Fsp3) is 0.346. The summed E-state index contributed by atoms with van der Waals surface area (Å²) >= 11 is 0. The molecule has 5 aliphatic rings. The van der Waals surface area contributed by atoms with Crippen molar-refractivity contribution in [3.63, 3.8) is 0 Å². The number of hydrogen-bond donors (Lipinski definition) is 1. The Hall–Kier alpha value is -3.61. The molecule has 6 atom stereocenters. The zero-order chi connectivity index (χ0) is 22.9. The smallest absolute Gasteiger partial charge is 0.257 e. The molecular weight excluding hydrogens is 420 g/mol. The molecule has 4 aliphatic carbocycles. The first-order valence-electron chi connectivity index (χ1n) is 11.2. The third kappa shape index (κ3) is 2.84. The van der Waals surface area contributed by atoms with E-state index in [0.29, 0.717) is 34.7 Å². The monoisotopic (exact) mass is 444 g/mol. The zero-order valence-electron chi connectivity index (χ0n) is 18.4. The van der Waals surface area contributed by atoms with Crippen LogP contribution in [-0.4, -0.2) is 31.9 Å². The van der Waals surface area contributed by atoms with Crippen LogP contribution in [0.2, 0.25) is 0 Å². The molecule has 1 heterocycles. The number of hydrogen-bond acceptors (Lipinski definition) is 5. The minimum atomic E-state index is -0.423. The molecule has 0 spiro atoms. The van der Waals surface area contributed by atoms with E-state index in [1.807, 2.05) is 0 Å². The van der Waals surface area contributed by atoms with Crippen LogP contribution < -0.4 is 19.7 Å². The van der Waals surface area contributed by atoms with Crippen LogP contribution in [0.15, 0.2) is 54.6 Å². The van der Waals surface area contributed by atoms with Crippen LogP contribution in [0.5, 0.6) is 11.5 Å². The fourth-order valence-electron chi connectivity index (χ4n) is 6.15. The lowest BCUT2D eigenvalue weighted by Crippen LogP contribution is -2.40.